The summed E-state index contributed by atoms with van der Waals surface area (Å²) < 4.78 is 7.20. The van der Waals surface area contributed by atoms with Crippen molar-refractivity contribution in [3.05, 3.63) is 59.7 Å². The highest BCUT2D eigenvalue weighted by Gasteiger charge is 2.08. The fourth-order valence-corrected chi connectivity index (χ4v) is 2.72. The zero-order chi connectivity index (χ0) is 19.9. The molecular formula is C20H24N6O2. The van der Waals surface area contributed by atoms with E-state index in [9.17, 15) is 4.79 Å². The van der Waals surface area contributed by atoms with Crippen LogP contribution in [0.1, 0.15) is 17.2 Å². The molecular weight excluding hydrogens is 356 g/mol. The summed E-state index contributed by atoms with van der Waals surface area (Å²) in [6.45, 7) is 6.74. The van der Waals surface area contributed by atoms with Gasteiger partial charge in [0.2, 0.25) is 0 Å². The Hall–Kier alpha value is -3.42. The number of nitrogens with one attached hydrogen (secondary N) is 2. The molecule has 2 heterocycles. The normalized spacial score (nSPS) is 10.5. The second kappa shape index (κ2) is 8.98. The molecule has 2 aromatic heterocycles. The van der Waals surface area contributed by atoms with Crippen LogP contribution in [0.5, 0.6) is 5.75 Å². The minimum absolute atomic E-state index is 0.0152. The Labute approximate surface area is 164 Å². The van der Waals surface area contributed by atoms with Gasteiger partial charge in [-0.15, -0.1) is 0 Å². The third kappa shape index (κ3) is 5.29. The predicted molar refractivity (Wildman–Crippen MR) is 107 cm³/mol. The van der Waals surface area contributed by atoms with Crippen molar-refractivity contribution < 1.29 is 9.53 Å². The van der Waals surface area contributed by atoms with Gasteiger partial charge in [-0.25, -0.2) is 14.6 Å². The van der Waals surface area contributed by atoms with Crippen molar-refractivity contribution in [1.82, 2.24) is 25.1 Å². The standard InChI is InChI=1S/C20H24N6O2/c1-14-11-15(2)26(25-14)19-12-18(23-16(3)24-19)21-9-10-22-20(27)13-28-17-7-5-4-6-8-17/h4-8,11-12H,9-10,13H2,1-3H3,(H,22,27)(H,21,23,24). The zero-order valence-electron chi connectivity index (χ0n) is 16.3. The summed E-state index contributed by atoms with van der Waals surface area (Å²) in [5.74, 6) is 2.54. The van der Waals surface area contributed by atoms with Gasteiger partial charge in [0, 0.05) is 24.8 Å². The molecule has 0 aliphatic rings. The first-order valence-corrected chi connectivity index (χ1v) is 9.09. The van der Waals surface area contributed by atoms with Crippen molar-refractivity contribution in [3.63, 3.8) is 0 Å². The first-order valence-electron chi connectivity index (χ1n) is 9.09. The van der Waals surface area contributed by atoms with Crippen LogP contribution in [0.3, 0.4) is 0 Å². The average molecular weight is 380 g/mol. The van der Waals surface area contributed by atoms with Gasteiger partial charge in [0.1, 0.15) is 17.4 Å². The van der Waals surface area contributed by atoms with Gasteiger partial charge in [-0.1, -0.05) is 18.2 Å². The van der Waals surface area contributed by atoms with E-state index in [0.29, 0.717) is 36.3 Å². The molecule has 0 atom stereocenters. The predicted octanol–water partition coefficient (Wildman–Crippen LogP) is 2.19. The van der Waals surface area contributed by atoms with Gasteiger partial charge in [0.15, 0.2) is 12.4 Å². The highest BCUT2D eigenvalue weighted by molar-refractivity contribution is 5.77. The Bertz CT molecular complexity index is 939. The second-order valence-corrected chi connectivity index (χ2v) is 6.38. The number of anilines is 1. The second-order valence-electron chi connectivity index (χ2n) is 6.38. The maximum absolute atomic E-state index is 11.9. The van der Waals surface area contributed by atoms with Gasteiger partial charge in [-0.2, -0.15) is 5.10 Å². The van der Waals surface area contributed by atoms with Crippen LogP contribution in [0.25, 0.3) is 5.82 Å². The molecule has 0 unspecified atom stereocenters. The maximum Gasteiger partial charge on any atom is 0.258 e. The van der Waals surface area contributed by atoms with Gasteiger partial charge in [-0.3, -0.25) is 4.79 Å². The molecule has 3 aromatic rings. The molecule has 0 saturated carbocycles. The minimum Gasteiger partial charge on any atom is -0.484 e. The number of rotatable bonds is 8. The topological polar surface area (TPSA) is 94.0 Å². The quantitative estimate of drug-likeness (QED) is 0.582. The number of carbonyl (C=O) groups excluding carboxylic acids is 1. The van der Waals surface area contributed by atoms with E-state index in [1.807, 2.05) is 63.2 Å². The van der Waals surface area contributed by atoms with E-state index in [2.05, 4.69) is 25.7 Å². The molecule has 3 rings (SSSR count). The lowest BCUT2D eigenvalue weighted by molar-refractivity contribution is -0.123. The van der Waals surface area contributed by atoms with E-state index in [0.717, 1.165) is 11.4 Å². The van der Waals surface area contributed by atoms with Crippen molar-refractivity contribution in [2.75, 3.05) is 25.0 Å². The van der Waals surface area contributed by atoms with Gasteiger partial charge >= 0.3 is 0 Å². The third-order valence-electron chi connectivity index (χ3n) is 3.92. The summed E-state index contributed by atoms with van der Waals surface area (Å²) >= 11 is 0. The van der Waals surface area contributed by atoms with E-state index in [4.69, 9.17) is 4.74 Å². The molecule has 1 aromatic carbocycles. The lowest BCUT2D eigenvalue weighted by atomic mass is 10.3. The summed E-state index contributed by atoms with van der Waals surface area (Å²) in [6.07, 6.45) is 0. The first kappa shape index (κ1) is 19.3. The van der Waals surface area contributed by atoms with Crippen LogP contribution >= 0.6 is 0 Å². The summed E-state index contributed by atoms with van der Waals surface area (Å²) in [6, 6.07) is 13.1. The molecule has 8 nitrogen and oxygen atoms in total. The minimum atomic E-state index is -0.173. The molecule has 0 fully saturated rings. The number of hydrogen-bond acceptors (Lipinski definition) is 6. The molecule has 0 aliphatic heterocycles. The lowest BCUT2D eigenvalue weighted by Gasteiger charge is -2.11. The van der Waals surface area contributed by atoms with Crippen molar-refractivity contribution in [3.8, 4) is 11.6 Å². The van der Waals surface area contributed by atoms with Crippen LogP contribution in [0.15, 0.2) is 42.5 Å². The number of carbonyl (C=O) groups is 1. The average Bonchev–Trinajstić information content (AvgIpc) is 3.02. The molecule has 2 N–H and O–H groups in total. The number of para-hydroxylation sites is 1. The van der Waals surface area contributed by atoms with E-state index >= 15 is 0 Å². The van der Waals surface area contributed by atoms with Crippen molar-refractivity contribution in [2.45, 2.75) is 20.8 Å². The fraction of sp³-hybridized carbons (Fsp3) is 0.300. The Morgan fingerprint density at radius 3 is 2.57 bits per heavy atom. The van der Waals surface area contributed by atoms with Crippen LogP contribution in [0, 0.1) is 20.8 Å². The number of amides is 1. The van der Waals surface area contributed by atoms with Gasteiger partial charge in [-0.05, 0) is 39.0 Å². The molecule has 0 aliphatic carbocycles. The van der Waals surface area contributed by atoms with Crippen molar-refractivity contribution in [2.24, 2.45) is 0 Å². The third-order valence-corrected chi connectivity index (χ3v) is 3.92. The summed E-state index contributed by atoms with van der Waals surface area (Å²) in [7, 11) is 0. The Kier molecular flexibility index (Phi) is 6.21. The number of aromatic nitrogens is 4. The number of aryl methyl sites for hydroxylation is 3. The van der Waals surface area contributed by atoms with E-state index in [1.54, 1.807) is 4.68 Å². The zero-order valence-corrected chi connectivity index (χ0v) is 16.3. The van der Waals surface area contributed by atoms with Crippen LogP contribution in [0.4, 0.5) is 5.82 Å². The first-order chi connectivity index (χ1) is 13.5. The maximum atomic E-state index is 11.9. The van der Waals surface area contributed by atoms with Gasteiger partial charge in [0.25, 0.3) is 5.91 Å². The van der Waals surface area contributed by atoms with E-state index in [-0.39, 0.29) is 12.5 Å². The number of ether oxygens (including phenoxy) is 1. The number of nitrogens with zero attached hydrogens (tertiary/aromatic N) is 4. The van der Waals surface area contributed by atoms with E-state index < -0.39 is 0 Å². The largest absolute Gasteiger partial charge is 0.484 e. The number of benzene rings is 1. The summed E-state index contributed by atoms with van der Waals surface area (Å²) in [4.78, 5) is 20.7. The SMILES string of the molecule is Cc1cc(C)n(-c2cc(NCCNC(=O)COc3ccccc3)nc(C)n2)n1. The molecule has 0 bridgehead atoms. The fourth-order valence-electron chi connectivity index (χ4n) is 2.72. The highest BCUT2D eigenvalue weighted by Crippen LogP contribution is 2.13. The van der Waals surface area contributed by atoms with Crippen LogP contribution < -0.4 is 15.4 Å². The summed E-state index contributed by atoms with van der Waals surface area (Å²) in [5.41, 5.74) is 1.94. The Balaban J connectivity index is 1.48. The lowest BCUT2D eigenvalue weighted by Crippen LogP contribution is -2.32. The summed E-state index contributed by atoms with van der Waals surface area (Å²) in [5, 5.41) is 10.5. The molecule has 28 heavy (non-hydrogen) atoms. The smallest absolute Gasteiger partial charge is 0.258 e. The van der Waals surface area contributed by atoms with Crippen LogP contribution in [-0.4, -0.2) is 45.4 Å². The molecule has 0 radical (unpaired) electrons. The highest BCUT2D eigenvalue weighted by atomic mass is 16.5. The Morgan fingerprint density at radius 2 is 1.86 bits per heavy atom. The molecule has 146 valence electrons. The molecule has 0 saturated heterocycles. The van der Waals surface area contributed by atoms with Crippen LogP contribution in [-0.2, 0) is 4.79 Å². The van der Waals surface area contributed by atoms with Gasteiger partial charge < -0.3 is 15.4 Å². The van der Waals surface area contributed by atoms with Crippen molar-refractivity contribution >= 4 is 11.7 Å². The number of hydrogen-bond donors (Lipinski definition) is 2. The Morgan fingerprint density at radius 1 is 1.07 bits per heavy atom. The van der Waals surface area contributed by atoms with Crippen molar-refractivity contribution in [1.29, 1.82) is 0 Å². The monoisotopic (exact) mass is 380 g/mol. The molecule has 8 heteroatoms. The molecule has 1 amide bonds. The van der Waals surface area contributed by atoms with Crippen LogP contribution in [0.2, 0.25) is 0 Å². The molecule has 0 spiro atoms. The van der Waals surface area contributed by atoms with Gasteiger partial charge in [0.05, 0.1) is 5.69 Å². The van der Waals surface area contributed by atoms with E-state index in [1.165, 1.54) is 0 Å².